The first-order valence-corrected chi connectivity index (χ1v) is 4.01. The molecular formula is C8H8N4O2. The van der Waals surface area contributed by atoms with Gasteiger partial charge in [0.15, 0.2) is 5.65 Å². The molecule has 1 N–H and O–H groups in total. The maximum absolute atomic E-state index is 10.9. The Morgan fingerprint density at radius 1 is 1.64 bits per heavy atom. The fourth-order valence-corrected chi connectivity index (χ4v) is 1.10. The molecule has 6 nitrogen and oxygen atoms in total. The van der Waals surface area contributed by atoms with Gasteiger partial charge in [-0.15, -0.1) is 0 Å². The molecule has 2 heterocycles. The number of imidazole rings is 1. The van der Waals surface area contributed by atoms with Crippen molar-refractivity contribution in [2.24, 2.45) is 0 Å². The van der Waals surface area contributed by atoms with Crippen LogP contribution in [0.25, 0.3) is 11.2 Å². The molecule has 0 aromatic carbocycles. The van der Waals surface area contributed by atoms with E-state index in [1.165, 1.54) is 13.4 Å². The minimum Gasteiger partial charge on any atom is -0.469 e. The van der Waals surface area contributed by atoms with Crippen LogP contribution in [0.1, 0.15) is 5.82 Å². The molecule has 0 bridgehead atoms. The zero-order valence-corrected chi connectivity index (χ0v) is 7.52. The van der Waals surface area contributed by atoms with E-state index in [1.807, 2.05) is 0 Å². The normalized spacial score (nSPS) is 10.4. The number of aromatic nitrogens is 4. The fourth-order valence-electron chi connectivity index (χ4n) is 1.10. The molecule has 0 aliphatic carbocycles. The summed E-state index contributed by atoms with van der Waals surface area (Å²) in [7, 11) is 1.34. The number of methoxy groups -OCH3 is 1. The Bertz CT molecular complexity index is 432. The SMILES string of the molecule is COC(=O)Cc1nc2ncncc2[nH]1. The van der Waals surface area contributed by atoms with Crippen molar-refractivity contribution in [3.63, 3.8) is 0 Å². The topological polar surface area (TPSA) is 80.8 Å². The lowest BCUT2D eigenvalue weighted by molar-refractivity contribution is -0.139. The molecule has 0 radical (unpaired) electrons. The Balaban J connectivity index is 2.31. The average molecular weight is 192 g/mol. The van der Waals surface area contributed by atoms with Gasteiger partial charge in [0.2, 0.25) is 0 Å². The second kappa shape index (κ2) is 3.41. The molecule has 2 aromatic rings. The van der Waals surface area contributed by atoms with Crippen LogP contribution in [-0.2, 0) is 16.0 Å². The molecule has 0 amide bonds. The molecular weight excluding hydrogens is 184 g/mol. The predicted octanol–water partition coefficient (Wildman–Crippen LogP) is 0.0684. The monoisotopic (exact) mass is 192 g/mol. The van der Waals surface area contributed by atoms with Gasteiger partial charge in [0, 0.05) is 0 Å². The lowest BCUT2D eigenvalue weighted by atomic mass is 10.4. The number of carbonyl (C=O) groups excluding carboxylic acids is 1. The van der Waals surface area contributed by atoms with Crippen molar-refractivity contribution in [1.82, 2.24) is 19.9 Å². The Kier molecular flexibility index (Phi) is 2.10. The van der Waals surface area contributed by atoms with E-state index in [-0.39, 0.29) is 12.4 Å². The summed E-state index contributed by atoms with van der Waals surface area (Å²) in [6, 6.07) is 0. The van der Waals surface area contributed by atoms with Crippen molar-refractivity contribution in [1.29, 1.82) is 0 Å². The summed E-state index contributed by atoms with van der Waals surface area (Å²) >= 11 is 0. The van der Waals surface area contributed by atoms with Crippen LogP contribution in [-0.4, -0.2) is 33.0 Å². The van der Waals surface area contributed by atoms with Gasteiger partial charge in [0.25, 0.3) is 0 Å². The summed E-state index contributed by atoms with van der Waals surface area (Å²) in [5.41, 5.74) is 1.27. The zero-order chi connectivity index (χ0) is 9.97. The van der Waals surface area contributed by atoms with Crippen molar-refractivity contribution < 1.29 is 9.53 Å². The minimum atomic E-state index is -0.336. The highest BCUT2D eigenvalue weighted by Crippen LogP contribution is 2.06. The number of fused-ring (bicyclic) bond motifs is 1. The van der Waals surface area contributed by atoms with E-state index in [0.29, 0.717) is 17.0 Å². The molecule has 0 aliphatic rings. The van der Waals surface area contributed by atoms with Crippen molar-refractivity contribution in [3.8, 4) is 0 Å². The number of nitrogens with zero attached hydrogens (tertiary/aromatic N) is 3. The second-order valence-electron chi connectivity index (χ2n) is 2.70. The number of carbonyl (C=O) groups is 1. The van der Waals surface area contributed by atoms with Crippen LogP contribution >= 0.6 is 0 Å². The van der Waals surface area contributed by atoms with Gasteiger partial charge in [-0.25, -0.2) is 15.0 Å². The van der Waals surface area contributed by atoms with Crippen molar-refractivity contribution in [3.05, 3.63) is 18.3 Å². The smallest absolute Gasteiger partial charge is 0.313 e. The quantitative estimate of drug-likeness (QED) is 0.681. The molecule has 0 spiro atoms. The average Bonchev–Trinajstić information content (AvgIpc) is 2.59. The molecule has 0 aliphatic heterocycles. The van der Waals surface area contributed by atoms with E-state index < -0.39 is 0 Å². The van der Waals surface area contributed by atoms with Crippen molar-refractivity contribution in [2.45, 2.75) is 6.42 Å². The number of nitrogens with one attached hydrogen (secondary N) is 1. The number of hydrogen-bond acceptors (Lipinski definition) is 5. The highest BCUT2D eigenvalue weighted by Gasteiger charge is 2.08. The van der Waals surface area contributed by atoms with Gasteiger partial charge in [0.1, 0.15) is 24.1 Å². The van der Waals surface area contributed by atoms with Gasteiger partial charge in [-0.1, -0.05) is 0 Å². The van der Waals surface area contributed by atoms with Crippen LogP contribution in [0.2, 0.25) is 0 Å². The number of aromatic amines is 1. The third-order valence-corrected chi connectivity index (χ3v) is 1.75. The maximum Gasteiger partial charge on any atom is 0.313 e. The molecule has 2 rings (SSSR count). The molecule has 2 aromatic heterocycles. The Morgan fingerprint density at radius 3 is 3.21 bits per heavy atom. The van der Waals surface area contributed by atoms with E-state index >= 15 is 0 Å². The number of hydrogen-bond donors (Lipinski definition) is 1. The third kappa shape index (κ3) is 1.54. The molecule has 72 valence electrons. The van der Waals surface area contributed by atoms with Gasteiger partial charge in [-0.3, -0.25) is 4.79 Å². The molecule has 0 atom stereocenters. The van der Waals surface area contributed by atoms with Crippen LogP contribution in [0.4, 0.5) is 0 Å². The number of H-pyrrole nitrogens is 1. The van der Waals surface area contributed by atoms with Crippen LogP contribution in [0, 0.1) is 0 Å². The van der Waals surface area contributed by atoms with Gasteiger partial charge < -0.3 is 9.72 Å². The largest absolute Gasteiger partial charge is 0.469 e. The van der Waals surface area contributed by atoms with E-state index in [2.05, 4.69) is 24.7 Å². The van der Waals surface area contributed by atoms with Crippen molar-refractivity contribution in [2.75, 3.05) is 7.11 Å². The molecule has 0 unspecified atom stereocenters. The number of ether oxygens (including phenoxy) is 1. The van der Waals surface area contributed by atoms with Crippen LogP contribution in [0.15, 0.2) is 12.5 Å². The van der Waals surface area contributed by atoms with Crippen LogP contribution in [0.3, 0.4) is 0 Å². The standard InChI is InChI=1S/C8H8N4O2/c1-14-7(13)2-6-11-5-3-9-4-10-8(5)12-6/h3-4H,2H2,1H3,(H,9,10,11,12). The summed E-state index contributed by atoms with van der Waals surface area (Å²) in [6.45, 7) is 0. The molecule has 14 heavy (non-hydrogen) atoms. The first kappa shape index (κ1) is 8.61. The first-order chi connectivity index (χ1) is 6.79. The second-order valence-corrected chi connectivity index (χ2v) is 2.70. The van der Waals surface area contributed by atoms with Crippen molar-refractivity contribution >= 4 is 17.1 Å². The predicted molar refractivity (Wildman–Crippen MR) is 47.4 cm³/mol. The third-order valence-electron chi connectivity index (χ3n) is 1.75. The van der Waals surface area contributed by atoms with Crippen LogP contribution in [0.5, 0.6) is 0 Å². The lowest BCUT2D eigenvalue weighted by Gasteiger charge is -1.93. The van der Waals surface area contributed by atoms with E-state index in [0.717, 1.165) is 0 Å². The molecule has 0 saturated heterocycles. The Morgan fingerprint density at radius 2 is 2.50 bits per heavy atom. The zero-order valence-electron chi connectivity index (χ0n) is 7.52. The lowest BCUT2D eigenvalue weighted by Crippen LogP contribution is -2.05. The summed E-state index contributed by atoms with van der Waals surface area (Å²) in [5.74, 6) is 0.198. The van der Waals surface area contributed by atoms with Gasteiger partial charge in [-0.05, 0) is 0 Å². The van der Waals surface area contributed by atoms with E-state index in [9.17, 15) is 4.79 Å². The Labute approximate surface area is 79.4 Å². The van der Waals surface area contributed by atoms with Gasteiger partial charge in [-0.2, -0.15) is 0 Å². The number of esters is 1. The fraction of sp³-hybridized carbons (Fsp3) is 0.250. The Hall–Kier alpha value is -1.98. The molecule has 6 heteroatoms. The highest BCUT2D eigenvalue weighted by molar-refractivity contribution is 5.74. The summed E-state index contributed by atoms with van der Waals surface area (Å²) in [6.07, 6.45) is 3.13. The van der Waals surface area contributed by atoms with E-state index in [1.54, 1.807) is 6.20 Å². The minimum absolute atomic E-state index is 0.118. The van der Waals surface area contributed by atoms with Gasteiger partial charge >= 0.3 is 5.97 Å². The summed E-state index contributed by atoms with van der Waals surface area (Å²) in [4.78, 5) is 25.7. The number of rotatable bonds is 2. The maximum atomic E-state index is 10.9. The summed E-state index contributed by atoms with van der Waals surface area (Å²) in [5, 5.41) is 0. The van der Waals surface area contributed by atoms with E-state index in [4.69, 9.17) is 0 Å². The first-order valence-electron chi connectivity index (χ1n) is 4.01. The highest BCUT2D eigenvalue weighted by atomic mass is 16.5. The molecule has 0 fully saturated rings. The van der Waals surface area contributed by atoms with Gasteiger partial charge in [0.05, 0.1) is 13.3 Å². The van der Waals surface area contributed by atoms with Crippen LogP contribution < -0.4 is 0 Å². The summed E-state index contributed by atoms with van der Waals surface area (Å²) < 4.78 is 4.52. The molecule has 0 saturated carbocycles.